The van der Waals surface area contributed by atoms with Crippen LogP contribution in [0.4, 0.5) is 5.69 Å². The maximum Gasteiger partial charge on any atom is 0.237 e. The number of ether oxygens (including phenoxy) is 1. The molecule has 6 nitrogen and oxygen atoms in total. The summed E-state index contributed by atoms with van der Waals surface area (Å²) in [6.07, 6.45) is 5.98. The van der Waals surface area contributed by atoms with E-state index in [9.17, 15) is 4.79 Å². The first-order valence-corrected chi connectivity index (χ1v) is 12.1. The van der Waals surface area contributed by atoms with Crippen LogP contribution in [0.5, 0.6) is 5.75 Å². The number of anilines is 1. The number of carbonyl (C=O) groups excluding carboxylic acids is 1. The fraction of sp³-hybridized carbons (Fsp3) is 0.400. The maximum atomic E-state index is 12.8. The maximum absolute atomic E-state index is 12.8. The molecule has 3 aromatic rings. The Kier molecular flexibility index (Phi) is 7.15. The molecule has 1 heterocycles. The molecule has 32 heavy (non-hydrogen) atoms. The van der Waals surface area contributed by atoms with E-state index in [1.165, 1.54) is 31.0 Å². The van der Waals surface area contributed by atoms with Crippen LogP contribution in [0.3, 0.4) is 0 Å². The largest absolute Gasteiger partial charge is 0.497 e. The number of nitrogens with zero attached hydrogens (tertiary/aromatic N) is 3. The van der Waals surface area contributed by atoms with Gasteiger partial charge in [0.25, 0.3) is 0 Å². The summed E-state index contributed by atoms with van der Waals surface area (Å²) in [5.74, 6) is 2.14. The van der Waals surface area contributed by atoms with Gasteiger partial charge in [-0.1, -0.05) is 48.7 Å². The van der Waals surface area contributed by atoms with E-state index in [1.54, 1.807) is 7.11 Å². The normalized spacial score (nSPS) is 15.3. The van der Waals surface area contributed by atoms with Crippen LogP contribution in [0.25, 0.3) is 5.69 Å². The van der Waals surface area contributed by atoms with Crippen LogP contribution in [0, 0.1) is 6.92 Å². The zero-order valence-corrected chi connectivity index (χ0v) is 19.7. The van der Waals surface area contributed by atoms with Crippen molar-refractivity contribution in [2.75, 3.05) is 12.4 Å². The lowest BCUT2D eigenvalue weighted by atomic mass is 9.88. The quantitative estimate of drug-likeness (QED) is 0.464. The highest BCUT2D eigenvalue weighted by Gasteiger charge is 2.26. The number of hydrogen-bond acceptors (Lipinski definition) is 5. The lowest BCUT2D eigenvalue weighted by Crippen LogP contribution is -2.23. The molecule has 1 aromatic heterocycles. The predicted molar refractivity (Wildman–Crippen MR) is 129 cm³/mol. The van der Waals surface area contributed by atoms with Crippen molar-refractivity contribution in [3.8, 4) is 11.4 Å². The molecule has 1 unspecified atom stereocenters. The van der Waals surface area contributed by atoms with Crippen LogP contribution in [0.2, 0.25) is 0 Å². The van der Waals surface area contributed by atoms with Crippen LogP contribution in [0.1, 0.15) is 56.3 Å². The molecule has 168 valence electrons. The van der Waals surface area contributed by atoms with E-state index in [0.717, 1.165) is 46.5 Å². The Morgan fingerprint density at radius 1 is 1.06 bits per heavy atom. The average Bonchev–Trinajstić information content (AvgIpc) is 3.24. The van der Waals surface area contributed by atoms with Gasteiger partial charge in [-0.15, -0.1) is 10.2 Å². The number of carbonyl (C=O) groups is 1. The summed E-state index contributed by atoms with van der Waals surface area (Å²) in [6.45, 7) is 3.93. The molecule has 0 bridgehead atoms. The highest BCUT2D eigenvalue weighted by Crippen LogP contribution is 2.36. The molecular formula is C25H30N4O2S. The van der Waals surface area contributed by atoms with Crippen molar-refractivity contribution in [1.82, 2.24) is 14.8 Å². The van der Waals surface area contributed by atoms with Gasteiger partial charge in [-0.2, -0.15) is 0 Å². The second kappa shape index (κ2) is 10.2. The molecule has 1 aliphatic rings. The SMILES string of the molecule is COc1ccc(-n2c(SC(C)C(=O)Nc3ccc(C)cc3)nnc2C2CCCCC2)cc1. The van der Waals surface area contributed by atoms with Gasteiger partial charge in [0.1, 0.15) is 11.6 Å². The first kappa shape index (κ1) is 22.4. The monoisotopic (exact) mass is 450 g/mol. The Balaban J connectivity index is 1.58. The van der Waals surface area contributed by atoms with Crippen molar-refractivity contribution < 1.29 is 9.53 Å². The van der Waals surface area contributed by atoms with Crippen molar-refractivity contribution in [1.29, 1.82) is 0 Å². The number of rotatable bonds is 7. The molecule has 1 saturated carbocycles. The number of aromatic nitrogens is 3. The van der Waals surface area contributed by atoms with E-state index in [1.807, 2.05) is 62.4 Å². The van der Waals surface area contributed by atoms with E-state index in [4.69, 9.17) is 4.74 Å². The van der Waals surface area contributed by atoms with Gasteiger partial charge in [-0.05, 0) is 63.1 Å². The molecule has 1 N–H and O–H groups in total. The minimum Gasteiger partial charge on any atom is -0.497 e. The number of benzene rings is 2. The van der Waals surface area contributed by atoms with Crippen LogP contribution in [-0.2, 0) is 4.79 Å². The van der Waals surface area contributed by atoms with Gasteiger partial charge in [0, 0.05) is 17.3 Å². The number of methoxy groups -OCH3 is 1. The Morgan fingerprint density at radius 3 is 2.41 bits per heavy atom. The third-order valence-electron chi connectivity index (χ3n) is 5.93. The summed E-state index contributed by atoms with van der Waals surface area (Å²) < 4.78 is 7.45. The summed E-state index contributed by atoms with van der Waals surface area (Å²) in [5.41, 5.74) is 2.95. The highest BCUT2D eigenvalue weighted by atomic mass is 32.2. The summed E-state index contributed by atoms with van der Waals surface area (Å²) in [4.78, 5) is 12.8. The molecule has 4 rings (SSSR count). The van der Waals surface area contributed by atoms with Crippen molar-refractivity contribution in [2.45, 2.75) is 62.3 Å². The lowest BCUT2D eigenvalue weighted by Gasteiger charge is -2.22. The zero-order chi connectivity index (χ0) is 22.5. The smallest absolute Gasteiger partial charge is 0.237 e. The number of thioether (sulfide) groups is 1. The fourth-order valence-corrected chi connectivity index (χ4v) is 4.92. The first-order valence-electron chi connectivity index (χ1n) is 11.2. The molecular weight excluding hydrogens is 420 g/mol. The van der Waals surface area contributed by atoms with Crippen molar-refractivity contribution in [3.05, 3.63) is 59.9 Å². The molecule has 7 heteroatoms. The zero-order valence-electron chi connectivity index (χ0n) is 18.9. The average molecular weight is 451 g/mol. The van der Waals surface area contributed by atoms with Gasteiger partial charge in [-0.25, -0.2) is 0 Å². The molecule has 0 saturated heterocycles. The topological polar surface area (TPSA) is 69.0 Å². The standard InChI is InChI=1S/C25H30N4O2S/c1-17-9-11-20(12-10-17)26-24(30)18(2)32-25-28-27-23(19-7-5-4-6-8-19)29(25)21-13-15-22(31-3)16-14-21/h9-16,18-19H,4-8H2,1-3H3,(H,26,30). The van der Waals surface area contributed by atoms with Gasteiger partial charge < -0.3 is 10.1 Å². The fourth-order valence-electron chi connectivity index (χ4n) is 4.05. The Hall–Kier alpha value is -2.80. The summed E-state index contributed by atoms with van der Waals surface area (Å²) in [6, 6.07) is 15.8. The molecule has 0 aliphatic heterocycles. The van der Waals surface area contributed by atoms with Crippen LogP contribution >= 0.6 is 11.8 Å². The van der Waals surface area contributed by atoms with Gasteiger partial charge in [0.05, 0.1) is 12.4 Å². The van der Waals surface area contributed by atoms with E-state index in [2.05, 4.69) is 20.1 Å². The molecule has 1 atom stereocenters. The van der Waals surface area contributed by atoms with E-state index in [-0.39, 0.29) is 11.2 Å². The van der Waals surface area contributed by atoms with Crippen molar-refractivity contribution in [2.24, 2.45) is 0 Å². The van der Waals surface area contributed by atoms with E-state index < -0.39 is 0 Å². The third kappa shape index (κ3) is 5.15. The molecule has 1 fully saturated rings. The third-order valence-corrected chi connectivity index (χ3v) is 6.97. The number of aryl methyl sites for hydroxylation is 1. The minimum absolute atomic E-state index is 0.0534. The molecule has 0 radical (unpaired) electrons. The number of nitrogens with one attached hydrogen (secondary N) is 1. The second-order valence-electron chi connectivity index (χ2n) is 8.32. The van der Waals surface area contributed by atoms with Crippen LogP contribution in [0.15, 0.2) is 53.7 Å². The second-order valence-corrected chi connectivity index (χ2v) is 9.63. The lowest BCUT2D eigenvalue weighted by molar-refractivity contribution is -0.115. The van der Waals surface area contributed by atoms with Crippen molar-refractivity contribution in [3.63, 3.8) is 0 Å². The van der Waals surface area contributed by atoms with E-state index >= 15 is 0 Å². The predicted octanol–water partition coefficient (Wildman–Crippen LogP) is 5.75. The molecule has 0 spiro atoms. The number of amides is 1. The summed E-state index contributed by atoms with van der Waals surface area (Å²) >= 11 is 1.44. The number of hydrogen-bond donors (Lipinski definition) is 1. The Labute approximate surface area is 193 Å². The summed E-state index contributed by atoms with van der Waals surface area (Å²) in [5, 5.41) is 12.5. The molecule has 2 aromatic carbocycles. The van der Waals surface area contributed by atoms with Gasteiger partial charge in [0.2, 0.25) is 5.91 Å². The van der Waals surface area contributed by atoms with Crippen molar-refractivity contribution >= 4 is 23.4 Å². The highest BCUT2D eigenvalue weighted by molar-refractivity contribution is 8.00. The Morgan fingerprint density at radius 2 is 1.75 bits per heavy atom. The minimum atomic E-state index is -0.322. The van der Waals surface area contributed by atoms with Gasteiger partial charge >= 0.3 is 0 Å². The first-order chi connectivity index (χ1) is 15.5. The van der Waals surface area contributed by atoms with Gasteiger partial charge in [-0.3, -0.25) is 9.36 Å². The van der Waals surface area contributed by atoms with Crippen LogP contribution in [-0.4, -0.2) is 33.0 Å². The summed E-state index contributed by atoms with van der Waals surface area (Å²) in [7, 11) is 1.66. The van der Waals surface area contributed by atoms with E-state index in [0.29, 0.717) is 5.92 Å². The molecule has 1 aliphatic carbocycles. The molecule has 1 amide bonds. The van der Waals surface area contributed by atoms with Gasteiger partial charge in [0.15, 0.2) is 5.16 Å². The van der Waals surface area contributed by atoms with Crippen LogP contribution < -0.4 is 10.1 Å². The Bertz CT molecular complexity index is 1040.